The topological polar surface area (TPSA) is 84.0 Å². The Hall–Kier alpha value is -2.07. The van der Waals surface area contributed by atoms with Crippen LogP contribution in [-0.4, -0.2) is 68.0 Å². The van der Waals surface area contributed by atoms with Gasteiger partial charge in [0.1, 0.15) is 0 Å². The lowest BCUT2D eigenvalue weighted by atomic mass is 10.2. The number of thioether (sulfide) groups is 1. The van der Waals surface area contributed by atoms with Gasteiger partial charge in [-0.2, -0.15) is 4.31 Å². The van der Waals surface area contributed by atoms with Crippen LogP contribution >= 0.6 is 23.4 Å². The number of halogens is 1. The Morgan fingerprint density at radius 1 is 0.968 bits per heavy atom. The van der Waals surface area contributed by atoms with Gasteiger partial charge >= 0.3 is 5.97 Å². The van der Waals surface area contributed by atoms with Crippen LogP contribution in [0.3, 0.4) is 0 Å². The van der Waals surface area contributed by atoms with E-state index in [1.165, 1.54) is 21.0 Å². The molecule has 0 saturated carbocycles. The number of rotatable bonds is 8. The van der Waals surface area contributed by atoms with Gasteiger partial charge in [-0.25, -0.2) is 8.42 Å². The zero-order chi connectivity index (χ0) is 22.3. The maximum atomic E-state index is 12.6. The van der Waals surface area contributed by atoms with E-state index >= 15 is 0 Å². The van der Waals surface area contributed by atoms with E-state index in [1.54, 1.807) is 48.5 Å². The molecule has 0 N–H and O–H groups in total. The molecule has 0 radical (unpaired) electrons. The molecule has 0 spiro atoms. The van der Waals surface area contributed by atoms with Crippen molar-refractivity contribution in [3.8, 4) is 0 Å². The second-order valence-corrected chi connectivity index (χ2v) is 10.4. The molecule has 31 heavy (non-hydrogen) atoms. The number of sulfonamides is 1. The number of amides is 1. The van der Waals surface area contributed by atoms with Crippen LogP contribution in [0, 0.1) is 0 Å². The van der Waals surface area contributed by atoms with Crippen LogP contribution in [0.15, 0.2) is 59.5 Å². The van der Waals surface area contributed by atoms with Crippen LogP contribution in [0.25, 0.3) is 0 Å². The summed E-state index contributed by atoms with van der Waals surface area (Å²) in [5, 5.41) is 0.616. The van der Waals surface area contributed by atoms with E-state index in [0.29, 0.717) is 5.02 Å². The minimum Gasteiger partial charge on any atom is -0.455 e. The van der Waals surface area contributed by atoms with Crippen molar-refractivity contribution >= 4 is 45.3 Å². The SMILES string of the molecule is O=C(CSc1ccc(Cl)cc1)OCC(=O)N1CCN(S(=O)(=O)Cc2ccccc2)CC1. The fourth-order valence-corrected chi connectivity index (χ4v) is 5.38. The third kappa shape index (κ3) is 7.24. The number of benzene rings is 2. The number of hydrogen-bond acceptors (Lipinski definition) is 6. The molecule has 1 heterocycles. The summed E-state index contributed by atoms with van der Waals surface area (Å²) in [5.41, 5.74) is 0.726. The highest BCUT2D eigenvalue weighted by atomic mass is 35.5. The molecule has 2 aromatic carbocycles. The summed E-state index contributed by atoms with van der Waals surface area (Å²) in [6.45, 7) is 0.632. The van der Waals surface area contributed by atoms with Crippen molar-refractivity contribution in [1.82, 2.24) is 9.21 Å². The predicted molar refractivity (Wildman–Crippen MR) is 120 cm³/mol. The van der Waals surface area contributed by atoms with Gasteiger partial charge in [-0.1, -0.05) is 41.9 Å². The number of esters is 1. The van der Waals surface area contributed by atoms with Gasteiger partial charge in [-0.3, -0.25) is 9.59 Å². The van der Waals surface area contributed by atoms with Crippen molar-refractivity contribution in [3.63, 3.8) is 0 Å². The van der Waals surface area contributed by atoms with Crippen LogP contribution in [0.4, 0.5) is 0 Å². The Morgan fingerprint density at radius 2 is 1.61 bits per heavy atom. The minimum absolute atomic E-state index is 0.0648. The van der Waals surface area contributed by atoms with Gasteiger partial charge in [-0.15, -0.1) is 11.8 Å². The largest absolute Gasteiger partial charge is 0.455 e. The molecule has 2 aromatic rings. The Bertz CT molecular complexity index is 992. The first kappa shape index (κ1) is 23.6. The van der Waals surface area contributed by atoms with Crippen LogP contribution in [0.5, 0.6) is 0 Å². The van der Waals surface area contributed by atoms with E-state index in [9.17, 15) is 18.0 Å². The van der Waals surface area contributed by atoms with Crippen molar-refractivity contribution in [3.05, 3.63) is 65.2 Å². The van der Waals surface area contributed by atoms with E-state index in [0.717, 1.165) is 10.5 Å². The van der Waals surface area contributed by atoms with Crippen LogP contribution in [-0.2, 0) is 30.1 Å². The van der Waals surface area contributed by atoms with Gasteiger partial charge < -0.3 is 9.64 Å². The second kappa shape index (κ2) is 11.0. The number of ether oxygens (including phenoxy) is 1. The van der Waals surface area contributed by atoms with Gasteiger partial charge in [0.2, 0.25) is 10.0 Å². The fourth-order valence-electron chi connectivity index (χ4n) is 3.04. The summed E-state index contributed by atoms with van der Waals surface area (Å²) < 4.78 is 31.7. The van der Waals surface area contributed by atoms with Gasteiger partial charge in [0.05, 0.1) is 11.5 Å². The third-order valence-electron chi connectivity index (χ3n) is 4.70. The summed E-state index contributed by atoms with van der Waals surface area (Å²) in [6.07, 6.45) is 0. The van der Waals surface area contributed by atoms with Crippen LogP contribution in [0.2, 0.25) is 5.02 Å². The first-order valence-electron chi connectivity index (χ1n) is 9.67. The Kier molecular flexibility index (Phi) is 8.36. The summed E-state index contributed by atoms with van der Waals surface area (Å²) in [5.74, 6) is -0.798. The van der Waals surface area contributed by atoms with E-state index < -0.39 is 16.0 Å². The molecule has 1 amide bonds. The molecule has 1 aliphatic heterocycles. The van der Waals surface area contributed by atoms with E-state index in [-0.39, 0.29) is 50.2 Å². The molecule has 1 aliphatic rings. The zero-order valence-corrected chi connectivity index (χ0v) is 19.2. The number of piperazine rings is 1. The normalized spacial score (nSPS) is 14.9. The van der Waals surface area contributed by atoms with Gasteiger partial charge in [0.25, 0.3) is 5.91 Å². The maximum Gasteiger partial charge on any atom is 0.316 e. The van der Waals surface area contributed by atoms with Gasteiger partial charge in [0.15, 0.2) is 6.61 Å². The summed E-state index contributed by atoms with van der Waals surface area (Å²) >= 11 is 7.12. The molecule has 7 nitrogen and oxygen atoms in total. The summed E-state index contributed by atoms with van der Waals surface area (Å²) in [6, 6.07) is 16.1. The number of nitrogens with zero attached hydrogens (tertiary/aromatic N) is 2. The highest BCUT2D eigenvalue weighted by Gasteiger charge is 2.29. The lowest BCUT2D eigenvalue weighted by Gasteiger charge is -2.33. The summed E-state index contributed by atoms with van der Waals surface area (Å²) in [7, 11) is -3.45. The smallest absolute Gasteiger partial charge is 0.316 e. The average Bonchev–Trinajstić information content (AvgIpc) is 2.77. The molecule has 3 rings (SSSR count). The monoisotopic (exact) mass is 482 g/mol. The molecular formula is C21H23ClN2O5S2. The van der Waals surface area contributed by atoms with E-state index in [1.807, 2.05) is 6.07 Å². The van der Waals surface area contributed by atoms with Gasteiger partial charge in [0, 0.05) is 36.1 Å². The lowest BCUT2D eigenvalue weighted by Crippen LogP contribution is -2.51. The van der Waals surface area contributed by atoms with Crippen LogP contribution in [0.1, 0.15) is 5.56 Å². The number of carbonyl (C=O) groups excluding carboxylic acids is 2. The molecule has 1 fully saturated rings. The van der Waals surface area contributed by atoms with Crippen molar-refractivity contribution in [2.75, 3.05) is 38.5 Å². The molecular weight excluding hydrogens is 460 g/mol. The Labute approximate surface area is 191 Å². The van der Waals surface area contributed by atoms with Gasteiger partial charge in [-0.05, 0) is 29.8 Å². The fraction of sp³-hybridized carbons (Fsp3) is 0.333. The van der Waals surface area contributed by atoms with Crippen molar-refractivity contribution in [2.24, 2.45) is 0 Å². The second-order valence-electron chi connectivity index (χ2n) is 6.92. The van der Waals surface area contributed by atoms with Crippen molar-refractivity contribution < 1.29 is 22.7 Å². The lowest BCUT2D eigenvalue weighted by molar-refractivity contribution is -0.150. The van der Waals surface area contributed by atoms with Crippen molar-refractivity contribution in [2.45, 2.75) is 10.6 Å². The molecule has 166 valence electrons. The standard InChI is InChI=1S/C21H23ClN2O5S2/c22-18-6-8-19(9-7-18)30-15-21(26)29-14-20(25)23-10-12-24(13-11-23)31(27,28)16-17-4-2-1-3-5-17/h1-9H,10-16H2. The van der Waals surface area contributed by atoms with E-state index in [2.05, 4.69) is 0 Å². The maximum absolute atomic E-state index is 12.6. The minimum atomic E-state index is -3.45. The first-order valence-corrected chi connectivity index (χ1v) is 12.6. The Morgan fingerprint density at radius 3 is 2.26 bits per heavy atom. The highest BCUT2D eigenvalue weighted by molar-refractivity contribution is 8.00. The average molecular weight is 483 g/mol. The third-order valence-corrected chi connectivity index (χ3v) is 7.79. The number of carbonyl (C=O) groups is 2. The zero-order valence-electron chi connectivity index (χ0n) is 16.8. The predicted octanol–water partition coefficient (Wildman–Crippen LogP) is 2.65. The highest BCUT2D eigenvalue weighted by Crippen LogP contribution is 2.20. The molecule has 0 atom stereocenters. The van der Waals surface area contributed by atoms with E-state index in [4.69, 9.17) is 16.3 Å². The summed E-state index contributed by atoms with van der Waals surface area (Å²) in [4.78, 5) is 26.6. The molecule has 0 bridgehead atoms. The molecule has 10 heteroatoms. The number of hydrogen-bond donors (Lipinski definition) is 0. The Balaban J connectivity index is 1.39. The molecule has 0 aliphatic carbocycles. The quantitative estimate of drug-likeness (QED) is 0.425. The molecule has 1 saturated heterocycles. The molecule has 0 unspecified atom stereocenters. The molecule has 0 aromatic heterocycles. The van der Waals surface area contributed by atoms with Crippen molar-refractivity contribution in [1.29, 1.82) is 0 Å². The van der Waals surface area contributed by atoms with Crippen LogP contribution < -0.4 is 0 Å². The first-order chi connectivity index (χ1) is 14.8.